The van der Waals surface area contributed by atoms with Crippen LogP contribution in [0.1, 0.15) is 26.2 Å². The summed E-state index contributed by atoms with van der Waals surface area (Å²) in [5, 5.41) is 68.8. The van der Waals surface area contributed by atoms with Gasteiger partial charge in [-0.3, -0.25) is 38.4 Å². The summed E-state index contributed by atoms with van der Waals surface area (Å²) in [7, 11) is 0. The Kier molecular flexibility index (Phi) is 11.7. The van der Waals surface area contributed by atoms with Crippen LogP contribution in [-0.2, 0) is 38.4 Å². The van der Waals surface area contributed by atoms with Gasteiger partial charge in [0.25, 0.3) is 5.41 Å². The highest BCUT2D eigenvalue weighted by Crippen LogP contribution is 2.32. The number of aliphatic carboxylic acids is 8. The minimum Gasteiger partial charge on any atom is -0.481 e. The van der Waals surface area contributed by atoms with Crippen molar-refractivity contribution in [3.8, 4) is 0 Å². The van der Waals surface area contributed by atoms with E-state index in [2.05, 4.69) is 0 Å². The molecule has 3 unspecified atom stereocenters. The highest BCUT2D eigenvalue weighted by Gasteiger charge is 2.62. The fourth-order valence-corrected chi connectivity index (χ4v) is 2.57. The molecule has 0 amide bonds. The predicted octanol–water partition coefficient (Wildman–Crippen LogP) is -1.33. The number of rotatable bonds is 13. The first-order valence-electron chi connectivity index (χ1n) is 8.30. The largest absolute Gasteiger partial charge is 0.481 e. The van der Waals surface area contributed by atoms with Crippen LogP contribution in [0.4, 0.5) is 0 Å². The van der Waals surface area contributed by atoms with Crippen molar-refractivity contribution in [2.24, 2.45) is 23.2 Å². The average Bonchev–Trinajstić information content (AvgIpc) is 2.60. The number of carboxylic acid groups (broad SMARTS) is 8. The molecular weight excluding hydrogens is 448 g/mol. The van der Waals surface area contributed by atoms with Crippen LogP contribution in [0.15, 0.2) is 0 Å². The summed E-state index contributed by atoms with van der Waals surface area (Å²) >= 11 is 0. The Bertz CT molecular complexity index is 728. The fraction of sp³-hybridized carbons (Fsp3) is 0.500. The lowest BCUT2D eigenvalue weighted by Crippen LogP contribution is -2.54. The maximum atomic E-state index is 10.8. The zero-order chi connectivity index (χ0) is 26.0. The van der Waals surface area contributed by atoms with Gasteiger partial charge >= 0.3 is 47.8 Å². The summed E-state index contributed by atoms with van der Waals surface area (Å²) in [6.45, 7) is 1.20. The van der Waals surface area contributed by atoms with Crippen LogP contribution in [-0.4, -0.2) is 88.6 Å². The molecule has 0 radical (unpaired) electrons. The lowest BCUT2D eigenvalue weighted by molar-refractivity contribution is -0.185. The molecule has 16 nitrogen and oxygen atoms in total. The van der Waals surface area contributed by atoms with Crippen LogP contribution in [0.3, 0.4) is 0 Å². The Morgan fingerprint density at radius 1 is 0.562 bits per heavy atom. The van der Waals surface area contributed by atoms with Crippen LogP contribution in [0.25, 0.3) is 0 Å². The molecule has 0 fully saturated rings. The van der Waals surface area contributed by atoms with Crippen molar-refractivity contribution >= 4 is 47.8 Å². The van der Waals surface area contributed by atoms with Gasteiger partial charge in [0.1, 0.15) is 0 Å². The highest BCUT2D eigenvalue weighted by atomic mass is 16.4. The Labute approximate surface area is 177 Å². The zero-order valence-corrected chi connectivity index (χ0v) is 16.2. The summed E-state index contributed by atoms with van der Waals surface area (Å²) in [5.74, 6) is -20.2. The molecule has 0 saturated heterocycles. The molecule has 32 heavy (non-hydrogen) atoms. The molecule has 0 bridgehead atoms. The quantitative estimate of drug-likeness (QED) is 0.145. The number of hydrogen-bond donors (Lipinski definition) is 8. The van der Waals surface area contributed by atoms with E-state index in [0.717, 1.165) is 0 Å². The van der Waals surface area contributed by atoms with Gasteiger partial charge in [0.2, 0.25) is 0 Å². The van der Waals surface area contributed by atoms with E-state index in [-0.39, 0.29) is 0 Å². The second kappa shape index (κ2) is 12.5. The van der Waals surface area contributed by atoms with Gasteiger partial charge in [0.05, 0.1) is 30.6 Å². The Morgan fingerprint density at radius 2 is 0.844 bits per heavy atom. The number of carbonyl (C=O) groups is 8. The van der Waals surface area contributed by atoms with Crippen molar-refractivity contribution in [3.63, 3.8) is 0 Å². The Balaban J connectivity index is 0. The third kappa shape index (κ3) is 7.54. The van der Waals surface area contributed by atoms with E-state index in [1.807, 2.05) is 0 Å². The van der Waals surface area contributed by atoms with E-state index in [4.69, 9.17) is 40.9 Å². The first-order chi connectivity index (χ1) is 14.5. The minimum atomic E-state index is -3.36. The monoisotopic (exact) mass is 468 g/mol. The third-order valence-electron chi connectivity index (χ3n) is 4.15. The predicted molar refractivity (Wildman–Crippen MR) is 93.5 cm³/mol. The highest BCUT2D eigenvalue weighted by molar-refractivity contribution is 6.18. The van der Waals surface area contributed by atoms with E-state index >= 15 is 0 Å². The molecule has 0 aliphatic carbocycles. The first kappa shape index (κ1) is 30.0. The van der Waals surface area contributed by atoms with Gasteiger partial charge in [-0.1, -0.05) is 6.92 Å². The molecule has 0 spiro atoms. The van der Waals surface area contributed by atoms with Crippen molar-refractivity contribution < 1.29 is 79.2 Å². The van der Waals surface area contributed by atoms with Gasteiger partial charge < -0.3 is 40.9 Å². The molecule has 16 heteroatoms. The van der Waals surface area contributed by atoms with Crippen LogP contribution in [0.2, 0.25) is 0 Å². The van der Waals surface area contributed by atoms with Crippen LogP contribution in [0, 0.1) is 23.2 Å². The molecule has 3 atom stereocenters. The summed E-state index contributed by atoms with van der Waals surface area (Å²) in [5.41, 5.74) is -3.36. The molecule has 0 aromatic rings. The van der Waals surface area contributed by atoms with Gasteiger partial charge in [-0.25, -0.2) is 0 Å². The molecule has 0 aromatic heterocycles. The van der Waals surface area contributed by atoms with Crippen LogP contribution >= 0.6 is 0 Å². The van der Waals surface area contributed by atoms with Crippen LogP contribution < -0.4 is 0 Å². The Hall–Kier alpha value is -4.24. The van der Waals surface area contributed by atoms with E-state index < -0.39 is 90.2 Å². The smallest absolute Gasteiger partial charge is 0.333 e. The second-order valence-corrected chi connectivity index (χ2v) is 6.11. The first-order valence-corrected chi connectivity index (χ1v) is 8.30. The summed E-state index contributed by atoms with van der Waals surface area (Å²) in [4.78, 5) is 85.0. The third-order valence-corrected chi connectivity index (χ3v) is 4.15. The number of hydrogen-bond acceptors (Lipinski definition) is 8. The molecule has 8 N–H and O–H groups in total. The Morgan fingerprint density at radius 3 is 0.938 bits per heavy atom. The van der Waals surface area contributed by atoms with Crippen molar-refractivity contribution in [1.82, 2.24) is 0 Å². The van der Waals surface area contributed by atoms with Gasteiger partial charge in [-0.15, -0.1) is 0 Å². The zero-order valence-electron chi connectivity index (χ0n) is 16.2. The summed E-state index contributed by atoms with van der Waals surface area (Å²) < 4.78 is 0. The summed E-state index contributed by atoms with van der Waals surface area (Å²) in [6.07, 6.45) is -2.29. The summed E-state index contributed by atoms with van der Waals surface area (Å²) in [6, 6.07) is 0. The van der Waals surface area contributed by atoms with Crippen molar-refractivity contribution in [2.75, 3.05) is 0 Å². The topological polar surface area (TPSA) is 298 Å². The van der Waals surface area contributed by atoms with Crippen molar-refractivity contribution in [2.45, 2.75) is 26.2 Å². The maximum absolute atomic E-state index is 10.8. The fourth-order valence-electron chi connectivity index (χ4n) is 2.57. The van der Waals surface area contributed by atoms with Crippen molar-refractivity contribution in [1.29, 1.82) is 0 Å². The molecule has 0 aromatic carbocycles. The second-order valence-electron chi connectivity index (χ2n) is 6.11. The van der Waals surface area contributed by atoms with E-state index in [0.29, 0.717) is 0 Å². The minimum absolute atomic E-state index is 0.430. The molecule has 0 saturated carbocycles. The molecule has 0 aliphatic rings. The number of carboxylic acids is 8. The van der Waals surface area contributed by atoms with Gasteiger partial charge in [-0.2, -0.15) is 0 Å². The molecular formula is C16H20O16. The van der Waals surface area contributed by atoms with Gasteiger partial charge in [0.15, 0.2) is 0 Å². The van der Waals surface area contributed by atoms with E-state index in [9.17, 15) is 38.4 Å². The van der Waals surface area contributed by atoms with Gasteiger partial charge in [-0.05, 0) is 6.42 Å². The molecule has 0 aliphatic heterocycles. The standard InChI is InChI=1S/2C8H10O8/c9-5(10)1-3(7(13)14)4(8(15)16)2-6(11)12;1-2-3(4(9)10)8(5(11)12,6(13)14)7(15)16/h3-4H,1-2H2,(H,9,10)(H,11,12)(H,13,14)(H,15,16);3H,2H2,1H3,(H,9,10)(H,11,12)(H,13,14)(H,15,16). The average molecular weight is 468 g/mol. The lowest BCUT2D eigenvalue weighted by Gasteiger charge is -2.25. The van der Waals surface area contributed by atoms with E-state index in [1.54, 1.807) is 0 Å². The van der Waals surface area contributed by atoms with E-state index in [1.165, 1.54) is 6.92 Å². The maximum Gasteiger partial charge on any atom is 0.333 e. The SMILES string of the molecule is CCC(C(=O)O)C(C(=O)O)(C(=O)O)C(=O)O.O=C(O)CC(C(=O)O)C(CC(=O)O)C(=O)O. The van der Waals surface area contributed by atoms with Crippen molar-refractivity contribution in [3.05, 3.63) is 0 Å². The molecule has 180 valence electrons. The lowest BCUT2D eigenvalue weighted by atomic mass is 9.74. The molecule has 0 rings (SSSR count). The molecule has 0 heterocycles. The normalized spacial score (nSPS) is 13.3. The van der Waals surface area contributed by atoms with Crippen LogP contribution in [0.5, 0.6) is 0 Å². The van der Waals surface area contributed by atoms with Gasteiger partial charge in [0, 0.05) is 0 Å².